The number of ether oxygens (including phenoxy) is 1. The molecular formula is C25H28ClN3O5S2. The van der Waals surface area contributed by atoms with E-state index in [9.17, 15) is 18.0 Å². The zero-order valence-electron chi connectivity index (χ0n) is 20.1. The molecule has 0 radical (unpaired) electrons. The molecule has 1 amide bonds. The summed E-state index contributed by atoms with van der Waals surface area (Å²) in [5.74, 6) is -0.989. The molecule has 36 heavy (non-hydrogen) atoms. The number of benzene rings is 2. The molecule has 2 heterocycles. The van der Waals surface area contributed by atoms with E-state index in [2.05, 4.69) is 4.99 Å². The molecule has 0 N–H and O–H groups in total. The van der Waals surface area contributed by atoms with Crippen LogP contribution in [0.25, 0.3) is 10.2 Å². The number of sulfonamides is 1. The van der Waals surface area contributed by atoms with Gasteiger partial charge < -0.3 is 9.30 Å². The van der Waals surface area contributed by atoms with E-state index in [1.54, 1.807) is 34.0 Å². The Kier molecular flexibility index (Phi) is 8.29. The summed E-state index contributed by atoms with van der Waals surface area (Å²) in [5.41, 5.74) is 0.954. The third-order valence-electron chi connectivity index (χ3n) is 6.19. The average Bonchev–Trinajstić information content (AvgIpc) is 3.19. The van der Waals surface area contributed by atoms with Crippen molar-refractivity contribution in [2.24, 2.45) is 4.99 Å². The van der Waals surface area contributed by atoms with E-state index in [0.29, 0.717) is 21.9 Å². The molecule has 192 valence electrons. The number of nitrogens with zero attached hydrogens (tertiary/aromatic N) is 3. The van der Waals surface area contributed by atoms with Crippen LogP contribution in [0.4, 0.5) is 0 Å². The molecule has 1 saturated heterocycles. The molecule has 8 nitrogen and oxygen atoms in total. The fraction of sp³-hybridized carbons (Fsp3) is 0.400. The predicted octanol–water partition coefficient (Wildman–Crippen LogP) is 4.61. The number of piperidine rings is 1. The Morgan fingerprint density at radius 2 is 1.89 bits per heavy atom. The maximum absolute atomic E-state index is 13.2. The maximum atomic E-state index is 13.2. The Bertz CT molecular complexity index is 1440. The number of carbonyl (C=O) groups excluding carboxylic acids is 2. The van der Waals surface area contributed by atoms with Crippen molar-refractivity contribution >= 4 is 55.1 Å². The lowest BCUT2D eigenvalue weighted by atomic mass is 10.0. The van der Waals surface area contributed by atoms with Crippen molar-refractivity contribution in [2.75, 3.05) is 13.2 Å². The Morgan fingerprint density at radius 1 is 1.14 bits per heavy atom. The maximum Gasteiger partial charge on any atom is 0.326 e. The molecule has 0 spiro atoms. The number of fused-ring (bicyclic) bond motifs is 1. The number of aromatic nitrogens is 1. The molecule has 11 heteroatoms. The monoisotopic (exact) mass is 549 g/mol. The lowest BCUT2D eigenvalue weighted by Gasteiger charge is -2.34. The summed E-state index contributed by atoms with van der Waals surface area (Å²) >= 11 is 7.35. The Balaban J connectivity index is 1.65. The van der Waals surface area contributed by atoms with Crippen LogP contribution < -0.4 is 4.80 Å². The van der Waals surface area contributed by atoms with E-state index in [0.717, 1.165) is 30.4 Å². The number of thiazole rings is 1. The lowest BCUT2D eigenvalue weighted by Crippen LogP contribution is -2.43. The molecule has 1 fully saturated rings. The second-order valence-electron chi connectivity index (χ2n) is 8.50. The van der Waals surface area contributed by atoms with E-state index in [-0.39, 0.29) is 29.7 Å². The van der Waals surface area contributed by atoms with Gasteiger partial charge in [0.1, 0.15) is 6.54 Å². The van der Waals surface area contributed by atoms with Crippen LogP contribution in [-0.4, -0.2) is 48.4 Å². The number of rotatable bonds is 7. The molecule has 0 bridgehead atoms. The summed E-state index contributed by atoms with van der Waals surface area (Å²) in [6.07, 6.45) is 3.50. The molecule has 1 aliphatic rings. The van der Waals surface area contributed by atoms with E-state index >= 15 is 0 Å². The molecule has 0 saturated carbocycles. The van der Waals surface area contributed by atoms with Gasteiger partial charge in [-0.3, -0.25) is 9.59 Å². The minimum Gasteiger partial charge on any atom is -0.465 e. The first-order valence-electron chi connectivity index (χ1n) is 11.9. The van der Waals surface area contributed by atoms with Gasteiger partial charge in [0.15, 0.2) is 4.80 Å². The van der Waals surface area contributed by atoms with Gasteiger partial charge in [-0.1, -0.05) is 36.3 Å². The molecule has 0 aliphatic carbocycles. The van der Waals surface area contributed by atoms with Crippen LogP contribution in [0.3, 0.4) is 0 Å². The highest BCUT2D eigenvalue weighted by Crippen LogP contribution is 2.27. The van der Waals surface area contributed by atoms with E-state index in [1.165, 1.54) is 35.6 Å². The fourth-order valence-corrected chi connectivity index (χ4v) is 7.45. The van der Waals surface area contributed by atoms with Gasteiger partial charge >= 0.3 is 5.97 Å². The van der Waals surface area contributed by atoms with E-state index in [4.69, 9.17) is 16.3 Å². The highest BCUT2D eigenvalue weighted by atomic mass is 35.5. The Morgan fingerprint density at radius 3 is 2.58 bits per heavy atom. The van der Waals surface area contributed by atoms with E-state index < -0.39 is 21.9 Å². The normalized spacial score (nSPS) is 17.4. The molecule has 1 aromatic heterocycles. The van der Waals surface area contributed by atoms with Crippen molar-refractivity contribution in [2.45, 2.75) is 57.0 Å². The minimum absolute atomic E-state index is 0.00336. The van der Waals surface area contributed by atoms with Crippen molar-refractivity contribution in [3.05, 3.63) is 57.9 Å². The summed E-state index contributed by atoms with van der Waals surface area (Å²) in [4.78, 5) is 29.9. The number of hydrogen-bond donors (Lipinski definition) is 0. The van der Waals surface area contributed by atoms with Gasteiger partial charge in [-0.2, -0.15) is 9.30 Å². The van der Waals surface area contributed by atoms with Crippen LogP contribution in [0.15, 0.2) is 52.4 Å². The van der Waals surface area contributed by atoms with Crippen LogP contribution in [0.5, 0.6) is 0 Å². The standard InChI is InChI=1S/C25H28ClN3O5S2/c1-3-19-7-5-6-14-29(19)36(32,33)20-11-8-17(9-12-20)24(31)27-25-28(16-23(30)34-4-2)21-13-10-18(26)15-22(21)35-25/h8-13,15,19H,3-7,14,16H2,1-2H3. The first kappa shape index (κ1) is 26.5. The van der Waals surface area contributed by atoms with E-state index in [1.807, 2.05) is 6.92 Å². The molecular weight excluding hydrogens is 522 g/mol. The zero-order chi connectivity index (χ0) is 25.9. The third kappa shape index (κ3) is 5.56. The van der Waals surface area contributed by atoms with Crippen molar-refractivity contribution in [1.82, 2.24) is 8.87 Å². The number of carbonyl (C=O) groups is 2. The van der Waals surface area contributed by atoms with Crippen LogP contribution in [-0.2, 0) is 26.1 Å². The largest absolute Gasteiger partial charge is 0.465 e. The number of amides is 1. The highest BCUT2D eigenvalue weighted by Gasteiger charge is 2.32. The van der Waals surface area contributed by atoms with Crippen molar-refractivity contribution in [1.29, 1.82) is 0 Å². The Hall–Kier alpha value is -2.53. The lowest BCUT2D eigenvalue weighted by molar-refractivity contribution is -0.143. The topological polar surface area (TPSA) is 98.0 Å². The SMILES string of the molecule is CCOC(=O)Cn1c(=NC(=O)c2ccc(S(=O)(=O)N3CCCCC3CC)cc2)sc2cc(Cl)ccc21. The van der Waals surface area contributed by atoms with Gasteiger partial charge in [0, 0.05) is 23.2 Å². The van der Waals surface area contributed by atoms with Gasteiger partial charge in [-0.15, -0.1) is 0 Å². The van der Waals surface area contributed by atoms with Crippen LogP contribution in [0, 0.1) is 0 Å². The van der Waals surface area contributed by atoms with Crippen molar-refractivity contribution in [3.63, 3.8) is 0 Å². The highest BCUT2D eigenvalue weighted by molar-refractivity contribution is 7.89. The zero-order valence-corrected chi connectivity index (χ0v) is 22.5. The summed E-state index contributed by atoms with van der Waals surface area (Å²) in [6, 6.07) is 11.1. The smallest absolute Gasteiger partial charge is 0.326 e. The van der Waals surface area contributed by atoms with Gasteiger partial charge in [-0.25, -0.2) is 8.42 Å². The number of esters is 1. The first-order chi connectivity index (χ1) is 17.2. The molecule has 1 aliphatic heterocycles. The molecule has 1 unspecified atom stereocenters. The fourth-order valence-electron chi connectivity index (χ4n) is 4.38. The van der Waals surface area contributed by atoms with Crippen LogP contribution in [0.2, 0.25) is 5.02 Å². The summed E-state index contributed by atoms with van der Waals surface area (Å²) < 4.78 is 35.5. The van der Waals surface area contributed by atoms with Crippen molar-refractivity contribution in [3.8, 4) is 0 Å². The second-order valence-corrected chi connectivity index (χ2v) is 11.8. The van der Waals surface area contributed by atoms with Gasteiger partial charge in [0.25, 0.3) is 5.91 Å². The first-order valence-corrected chi connectivity index (χ1v) is 14.5. The number of halogens is 1. The third-order valence-corrected chi connectivity index (χ3v) is 9.43. The molecule has 1 atom stereocenters. The summed E-state index contributed by atoms with van der Waals surface area (Å²) in [5, 5.41) is 0.528. The van der Waals surface area contributed by atoms with Gasteiger partial charge in [-0.05, 0) is 68.7 Å². The molecule has 2 aromatic carbocycles. The predicted molar refractivity (Wildman–Crippen MR) is 140 cm³/mol. The number of hydrogen-bond acceptors (Lipinski definition) is 6. The molecule has 4 rings (SSSR count). The minimum atomic E-state index is -3.65. The van der Waals surface area contributed by atoms with Crippen LogP contribution in [0.1, 0.15) is 49.9 Å². The second kappa shape index (κ2) is 11.2. The summed E-state index contributed by atoms with van der Waals surface area (Å²) in [7, 11) is -3.65. The Labute approximate surface area is 219 Å². The average molecular weight is 550 g/mol. The van der Waals surface area contributed by atoms with Crippen molar-refractivity contribution < 1.29 is 22.7 Å². The van der Waals surface area contributed by atoms with Gasteiger partial charge in [0.2, 0.25) is 10.0 Å². The summed E-state index contributed by atoms with van der Waals surface area (Å²) in [6.45, 7) is 4.36. The molecule has 3 aromatic rings. The quantitative estimate of drug-likeness (QED) is 0.401. The van der Waals surface area contributed by atoms with Gasteiger partial charge in [0.05, 0.1) is 21.7 Å². The van der Waals surface area contributed by atoms with Crippen LogP contribution >= 0.6 is 22.9 Å².